The largest absolute Gasteiger partial charge is 0.491 e. The number of rotatable bonds is 9. The Bertz CT molecular complexity index is 1490. The van der Waals surface area contributed by atoms with Crippen molar-refractivity contribution in [3.63, 3.8) is 0 Å². The van der Waals surface area contributed by atoms with E-state index in [-0.39, 0.29) is 20.6 Å². The van der Waals surface area contributed by atoms with Gasteiger partial charge in [-0.05, 0) is 36.4 Å². The summed E-state index contributed by atoms with van der Waals surface area (Å²) >= 11 is 0.850. The molecule has 0 spiro atoms. The molecule has 1 amide bonds. The Morgan fingerprint density at radius 2 is 1.47 bits per heavy atom. The van der Waals surface area contributed by atoms with Crippen molar-refractivity contribution in [1.29, 1.82) is 0 Å². The second-order valence-electron chi connectivity index (χ2n) is 6.99. The predicted molar refractivity (Wildman–Crippen MR) is 136 cm³/mol. The maximum absolute atomic E-state index is 13.0. The lowest BCUT2D eigenvalue weighted by Gasteiger charge is -2.09. The maximum Gasteiger partial charge on any atom is 0.289 e. The molecule has 4 rings (SSSR count). The molecule has 0 fully saturated rings. The van der Waals surface area contributed by atoms with Crippen LogP contribution in [0.1, 0.15) is 5.01 Å². The number of hydrazine groups is 1. The molecular formula is C23H19N7O4S2. The average molecular weight is 522 g/mol. The highest BCUT2D eigenvalue weighted by Crippen LogP contribution is 2.34. The molecule has 0 bridgehead atoms. The van der Waals surface area contributed by atoms with Crippen LogP contribution >= 0.6 is 11.3 Å². The lowest BCUT2D eigenvalue weighted by atomic mass is 10.3. The molecule has 0 saturated carbocycles. The van der Waals surface area contributed by atoms with Crippen molar-refractivity contribution in [2.75, 3.05) is 5.43 Å². The van der Waals surface area contributed by atoms with Gasteiger partial charge in [0.05, 0.1) is 16.3 Å². The molecule has 0 unspecified atom stereocenters. The van der Waals surface area contributed by atoms with Crippen molar-refractivity contribution in [1.82, 2.24) is 15.2 Å². The molecule has 1 aromatic heterocycles. The second-order valence-corrected chi connectivity index (χ2v) is 9.65. The summed E-state index contributed by atoms with van der Waals surface area (Å²) in [5, 5.41) is 22.4. The zero-order chi connectivity index (χ0) is 25.4. The van der Waals surface area contributed by atoms with E-state index in [4.69, 9.17) is 0 Å². The lowest BCUT2D eigenvalue weighted by molar-refractivity contribution is -0.115. The van der Waals surface area contributed by atoms with Crippen molar-refractivity contribution in [3.8, 4) is 5.88 Å². The van der Waals surface area contributed by atoms with Gasteiger partial charge in [-0.1, -0.05) is 65.9 Å². The number of para-hydroxylation sites is 1. The van der Waals surface area contributed by atoms with Crippen LogP contribution in [0.3, 0.4) is 0 Å². The average Bonchev–Trinajstić information content (AvgIpc) is 3.28. The number of carbonyl (C=O) groups excluding carboxylic acids is 1. The number of azo groups is 1. The minimum Gasteiger partial charge on any atom is -0.491 e. The highest BCUT2D eigenvalue weighted by Gasteiger charge is 2.23. The van der Waals surface area contributed by atoms with Crippen LogP contribution in [0.2, 0.25) is 0 Å². The molecular weight excluding hydrogens is 502 g/mol. The van der Waals surface area contributed by atoms with Crippen molar-refractivity contribution in [2.24, 2.45) is 15.3 Å². The third kappa shape index (κ3) is 6.35. The minimum atomic E-state index is -4.04. The van der Waals surface area contributed by atoms with Crippen LogP contribution in [-0.2, 0) is 14.8 Å². The summed E-state index contributed by atoms with van der Waals surface area (Å²) in [7, 11) is -4.04. The number of hydrogen-bond donors (Lipinski definition) is 4. The van der Waals surface area contributed by atoms with E-state index in [0.717, 1.165) is 11.3 Å². The highest BCUT2D eigenvalue weighted by atomic mass is 32.2. The van der Waals surface area contributed by atoms with Gasteiger partial charge in [-0.15, -0.1) is 15.1 Å². The molecule has 11 nitrogen and oxygen atoms in total. The number of sulfonamides is 1. The van der Waals surface area contributed by atoms with E-state index >= 15 is 0 Å². The summed E-state index contributed by atoms with van der Waals surface area (Å²) < 4.78 is 25.0. The molecule has 0 saturated heterocycles. The summed E-state index contributed by atoms with van der Waals surface area (Å²) in [5.41, 5.74) is 5.67. The Morgan fingerprint density at radius 1 is 0.861 bits per heavy atom. The first kappa shape index (κ1) is 24.7. The number of benzene rings is 3. The van der Waals surface area contributed by atoms with Crippen molar-refractivity contribution >= 4 is 49.4 Å². The van der Waals surface area contributed by atoms with Gasteiger partial charge in [0, 0.05) is 0 Å². The predicted octanol–water partition coefficient (Wildman–Crippen LogP) is 4.09. The van der Waals surface area contributed by atoms with Crippen LogP contribution in [0, 0.1) is 0 Å². The Labute approximate surface area is 210 Å². The van der Waals surface area contributed by atoms with Crippen LogP contribution in [0.15, 0.2) is 111 Å². The highest BCUT2D eigenvalue weighted by molar-refractivity contribution is 7.89. The van der Waals surface area contributed by atoms with E-state index in [1.165, 1.54) is 12.1 Å². The number of aromatic hydroxyl groups is 1. The molecule has 13 heteroatoms. The van der Waals surface area contributed by atoms with Crippen LogP contribution < -0.4 is 15.7 Å². The molecule has 3 aromatic carbocycles. The molecule has 4 N–H and O–H groups in total. The van der Waals surface area contributed by atoms with Crippen molar-refractivity contribution in [3.05, 3.63) is 96.0 Å². The number of hydrazone groups is 1. The summed E-state index contributed by atoms with van der Waals surface area (Å²) in [6.45, 7) is 0. The molecule has 0 atom stereocenters. The molecule has 36 heavy (non-hydrogen) atoms. The molecule has 4 aromatic rings. The Kier molecular flexibility index (Phi) is 7.75. The van der Waals surface area contributed by atoms with Crippen LogP contribution in [0.25, 0.3) is 0 Å². The zero-order valence-corrected chi connectivity index (χ0v) is 20.1. The molecule has 0 radical (unpaired) electrons. The first-order chi connectivity index (χ1) is 17.4. The van der Waals surface area contributed by atoms with Crippen molar-refractivity contribution in [2.45, 2.75) is 4.90 Å². The summed E-state index contributed by atoms with van der Waals surface area (Å²) in [4.78, 5) is 18.9. The second kappa shape index (κ2) is 11.3. The van der Waals surface area contributed by atoms with Gasteiger partial charge in [-0.3, -0.25) is 15.6 Å². The van der Waals surface area contributed by atoms with E-state index in [1.807, 2.05) is 17.0 Å². The molecule has 0 aliphatic rings. The van der Waals surface area contributed by atoms with Gasteiger partial charge < -0.3 is 5.11 Å². The van der Waals surface area contributed by atoms with E-state index in [2.05, 4.69) is 31.2 Å². The Balaban J connectivity index is 1.59. The fourth-order valence-corrected chi connectivity index (χ4v) is 4.36. The zero-order valence-electron chi connectivity index (χ0n) is 18.4. The number of carbonyl (C=O) groups is 1. The SMILES string of the molecule is O=C(NNS(=O)(=O)c1ccccc1)/C(=N/Nc1ccccc1)c1nc(O)c(N=Nc2ccccc2)s1. The number of hydrogen-bond acceptors (Lipinski definition) is 10. The van der Waals surface area contributed by atoms with Crippen molar-refractivity contribution < 1.29 is 18.3 Å². The molecule has 0 aliphatic heterocycles. The van der Waals surface area contributed by atoms with Gasteiger partial charge in [-0.2, -0.15) is 10.1 Å². The normalized spacial score (nSPS) is 11.9. The molecule has 0 aliphatic carbocycles. The monoisotopic (exact) mass is 521 g/mol. The first-order valence-corrected chi connectivity index (χ1v) is 12.7. The first-order valence-electron chi connectivity index (χ1n) is 10.4. The standard InChI is InChI=1S/C23H19N7O4S2/c31-20(28-30-36(33,34)18-14-8-3-9-15-18)19(27-25-16-10-4-1-5-11-16)22-24-21(32)23(35-22)29-26-17-12-6-2-7-13-17/h1-15,25,30,32H,(H,28,31)/b27-19-,29-26?. The summed E-state index contributed by atoms with van der Waals surface area (Å²) in [6.07, 6.45) is 0. The third-order valence-corrected chi connectivity index (χ3v) is 6.64. The van der Waals surface area contributed by atoms with Gasteiger partial charge in [0.15, 0.2) is 10.7 Å². The van der Waals surface area contributed by atoms with Crippen LogP contribution in [0.5, 0.6) is 5.88 Å². The van der Waals surface area contributed by atoms with Crippen LogP contribution in [0.4, 0.5) is 16.4 Å². The van der Waals surface area contributed by atoms with Gasteiger partial charge in [0.2, 0.25) is 5.00 Å². The Hall–Kier alpha value is -4.46. The van der Waals surface area contributed by atoms with E-state index in [9.17, 15) is 18.3 Å². The topological polar surface area (TPSA) is 158 Å². The summed E-state index contributed by atoms with van der Waals surface area (Å²) in [6, 6.07) is 25.2. The Morgan fingerprint density at radius 3 is 2.14 bits per heavy atom. The van der Waals surface area contributed by atoms with Gasteiger partial charge in [-0.25, -0.2) is 8.42 Å². The fourth-order valence-electron chi connectivity index (χ4n) is 2.73. The van der Waals surface area contributed by atoms with Crippen LogP contribution in [-0.4, -0.2) is 30.1 Å². The van der Waals surface area contributed by atoms with E-state index in [1.54, 1.807) is 66.7 Å². The number of nitrogens with one attached hydrogen (secondary N) is 3. The summed E-state index contributed by atoms with van der Waals surface area (Å²) in [5.74, 6) is -1.38. The minimum absolute atomic E-state index is 0.0191. The van der Waals surface area contributed by atoms with Gasteiger partial charge >= 0.3 is 0 Å². The number of thiazole rings is 1. The smallest absolute Gasteiger partial charge is 0.289 e. The number of anilines is 1. The van der Waals surface area contributed by atoms with Gasteiger partial charge in [0.1, 0.15) is 0 Å². The lowest BCUT2D eigenvalue weighted by Crippen LogP contribution is -2.45. The van der Waals surface area contributed by atoms with Gasteiger partial charge in [0.25, 0.3) is 21.8 Å². The maximum atomic E-state index is 13.0. The molecule has 1 heterocycles. The quantitative estimate of drug-likeness (QED) is 0.148. The number of nitrogens with zero attached hydrogens (tertiary/aromatic N) is 4. The third-order valence-electron chi connectivity index (χ3n) is 4.45. The fraction of sp³-hybridized carbons (Fsp3) is 0. The van der Waals surface area contributed by atoms with E-state index in [0.29, 0.717) is 11.4 Å². The molecule has 182 valence electrons. The van der Waals surface area contributed by atoms with E-state index < -0.39 is 21.8 Å². The number of amides is 1. The number of aromatic nitrogens is 1.